The van der Waals surface area contributed by atoms with Crippen molar-refractivity contribution in [2.75, 3.05) is 11.9 Å². The summed E-state index contributed by atoms with van der Waals surface area (Å²) in [5.74, 6) is -3.42. The lowest BCUT2D eigenvalue weighted by atomic mass is 9.85. The molecule has 2 N–H and O–H groups in total. The van der Waals surface area contributed by atoms with Crippen LogP contribution < -0.4 is 5.32 Å². The van der Waals surface area contributed by atoms with Crippen LogP contribution in [0.4, 0.5) is 14.5 Å². The van der Waals surface area contributed by atoms with Crippen LogP contribution in [0.5, 0.6) is 0 Å². The summed E-state index contributed by atoms with van der Waals surface area (Å²) in [7, 11) is -4.56. The molecule has 0 bridgehead atoms. The Morgan fingerprint density at radius 1 is 1.19 bits per heavy atom. The van der Waals surface area contributed by atoms with Crippen molar-refractivity contribution in [3.63, 3.8) is 0 Å². The molecule has 0 radical (unpaired) electrons. The van der Waals surface area contributed by atoms with E-state index in [0.717, 1.165) is 12.1 Å². The van der Waals surface area contributed by atoms with Crippen molar-refractivity contribution in [1.29, 1.82) is 0 Å². The van der Waals surface area contributed by atoms with Crippen molar-refractivity contribution in [1.82, 2.24) is 0 Å². The molecule has 120 valence electrons. The topological polar surface area (TPSA) is 66.4 Å². The molecule has 0 aliphatic heterocycles. The van der Waals surface area contributed by atoms with Gasteiger partial charge < -0.3 is 10.4 Å². The van der Waals surface area contributed by atoms with Crippen LogP contribution >= 0.6 is 0 Å². The van der Waals surface area contributed by atoms with E-state index in [1.807, 2.05) is 20.8 Å². The van der Waals surface area contributed by atoms with Crippen LogP contribution in [0.15, 0.2) is 29.2 Å². The zero-order valence-electron chi connectivity index (χ0n) is 12.3. The van der Waals surface area contributed by atoms with Gasteiger partial charge in [-0.1, -0.05) is 20.8 Å². The first-order valence-electron chi connectivity index (χ1n) is 6.58. The largest absolute Gasteiger partial charge is 0.396 e. The van der Waals surface area contributed by atoms with E-state index in [1.165, 1.54) is 12.1 Å². The summed E-state index contributed by atoms with van der Waals surface area (Å²) in [6.45, 7) is 6.05. The van der Waals surface area contributed by atoms with E-state index >= 15 is 0 Å². The maximum atomic E-state index is 12.4. The second-order valence-corrected chi connectivity index (χ2v) is 7.82. The number of benzene rings is 1. The molecule has 0 amide bonds. The molecule has 0 saturated carbocycles. The summed E-state index contributed by atoms with van der Waals surface area (Å²) in [5.41, 5.74) is 0.507. The van der Waals surface area contributed by atoms with Gasteiger partial charge in [0.05, 0.1) is 4.90 Å². The molecule has 7 heteroatoms. The standard InChI is InChI=1S/C14H21F2NO3S/c1-14(2,3)12(8-9-18)17-10-4-6-11(7-5-10)21(19,20)13(15)16/h4-7,12-13,17-18H,8-9H2,1-3H3. The fourth-order valence-electron chi connectivity index (χ4n) is 1.90. The third-order valence-electron chi connectivity index (χ3n) is 3.22. The Hall–Kier alpha value is -1.21. The quantitative estimate of drug-likeness (QED) is 0.845. The fourth-order valence-corrected chi connectivity index (χ4v) is 2.62. The monoisotopic (exact) mass is 321 g/mol. The van der Waals surface area contributed by atoms with Crippen molar-refractivity contribution >= 4 is 15.5 Å². The van der Waals surface area contributed by atoms with Crippen LogP contribution in [0, 0.1) is 5.41 Å². The average molecular weight is 321 g/mol. The molecule has 1 rings (SSSR count). The summed E-state index contributed by atoms with van der Waals surface area (Å²) >= 11 is 0. The van der Waals surface area contributed by atoms with Crippen molar-refractivity contribution < 1.29 is 22.3 Å². The summed E-state index contributed by atoms with van der Waals surface area (Å²) in [6.07, 6.45) is 0.528. The number of aliphatic hydroxyl groups is 1. The Morgan fingerprint density at radius 3 is 2.10 bits per heavy atom. The van der Waals surface area contributed by atoms with E-state index < -0.39 is 20.5 Å². The smallest absolute Gasteiger partial charge is 0.341 e. The molecule has 1 atom stereocenters. The molecule has 0 aliphatic carbocycles. The van der Waals surface area contributed by atoms with E-state index in [1.54, 1.807) is 0 Å². The van der Waals surface area contributed by atoms with Crippen molar-refractivity contribution in [2.24, 2.45) is 5.41 Å². The van der Waals surface area contributed by atoms with Gasteiger partial charge in [-0.05, 0) is 36.1 Å². The van der Waals surface area contributed by atoms with Crippen LogP contribution in [0.2, 0.25) is 0 Å². The highest BCUT2D eigenvalue weighted by molar-refractivity contribution is 7.91. The zero-order valence-corrected chi connectivity index (χ0v) is 13.1. The van der Waals surface area contributed by atoms with Crippen molar-refractivity contribution in [3.8, 4) is 0 Å². The molecule has 21 heavy (non-hydrogen) atoms. The lowest BCUT2D eigenvalue weighted by molar-refractivity contribution is 0.234. The first-order valence-corrected chi connectivity index (χ1v) is 8.13. The van der Waals surface area contributed by atoms with Gasteiger partial charge in [-0.3, -0.25) is 0 Å². The molecule has 4 nitrogen and oxygen atoms in total. The molecule has 1 aromatic carbocycles. The van der Waals surface area contributed by atoms with Crippen molar-refractivity contribution in [3.05, 3.63) is 24.3 Å². The Labute approximate surface area is 124 Å². The first kappa shape index (κ1) is 17.8. The number of halogens is 2. The molecule has 0 fully saturated rings. The van der Waals surface area contributed by atoms with E-state index in [-0.39, 0.29) is 18.1 Å². The molecule has 0 heterocycles. The summed E-state index contributed by atoms with van der Waals surface area (Å²) in [6, 6.07) is 5.18. The Kier molecular flexibility index (Phi) is 5.69. The number of rotatable bonds is 6. The number of aliphatic hydroxyl groups excluding tert-OH is 1. The second kappa shape index (κ2) is 6.70. The van der Waals surface area contributed by atoms with Crippen LogP contribution in [0.3, 0.4) is 0 Å². The number of nitrogens with one attached hydrogen (secondary N) is 1. The second-order valence-electron chi connectivity index (χ2n) is 5.91. The van der Waals surface area contributed by atoms with E-state index in [0.29, 0.717) is 12.1 Å². The molecule has 0 spiro atoms. The molecule has 0 saturated heterocycles. The Morgan fingerprint density at radius 2 is 1.71 bits per heavy atom. The van der Waals surface area contributed by atoms with Crippen LogP contribution in [-0.4, -0.2) is 31.9 Å². The van der Waals surface area contributed by atoms with E-state index in [4.69, 9.17) is 5.11 Å². The van der Waals surface area contributed by atoms with Gasteiger partial charge in [0, 0.05) is 18.3 Å². The predicted octanol–water partition coefficient (Wildman–Crippen LogP) is 2.89. The highest BCUT2D eigenvalue weighted by Crippen LogP contribution is 2.26. The first-order chi connectivity index (χ1) is 9.59. The third kappa shape index (κ3) is 4.64. The van der Waals surface area contributed by atoms with Gasteiger partial charge >= 0.3 is 5.76 Å². The lowest BCUT2D eigenvalue weighted by Gasteiger charge is -2.32. The van der Waals surface area contributed by atoms with Crippen LogP contribution in [0.1, 0.15) is 27.2 Å². The SMILES string of the molecule is CC(C)(C)C(CCO)Nc1ccc(S(=O)(=O)C(F)F)cc1. The number of hydrogen-bond donors (Lipinski definition) is 2. The Balaban J connectivity index is 2.93. The van der Waals surface area contributed by atoms with Crippen LogP contribution in [0.25, 0.3) is 0 Å². The minimum atomic E-state index is -4.56. The molecule has 0 aromatic heterocycles. The van der Waals surface area contributed by atoms with E-state index in [2.05, 4.69) is 5.32 Å². The third-order valence-corrected chi connectivity index (χ3v) is 4.62. The normalized spacial score (nSPS) is 14.2. The van der Waals surface area contributed by atoms with Gasteiger partial charge in [-0.2, -0.15) is 8.78 Å². The fraction of sp³-hybridized carbons (Fsp3) is 0.571. The predicted molar refractivity (Wildman–Crippen MR) is 78.2 cm³/mol. The van der Waals surface area contributed by atoms with Crippen LogP contribution in [-0.2, 0) is 9.84 Å². The summed E-state index contributed by atoms with van der Waals surface area (Å²) in [4.78, 5) is -0.405. The Bertz CT molecular complexity index is 551. The molecular formula is C14H21F2NO3S. The maximum Gasteiger partial charge on any atom is 0.341 e. The molecule has 0 aliphatic rings. The molecule has 1 aromatic rings. The minimum absolute atomic E-state index is 0.0206. The van der Waals surface area contributed by atoms with Gasteiger partial charge in [-0.15, -0.1) is 0 Å². The summed E-state index contributed by atoms with van der Waals surface area (Å²) < 4.78 is 47.5. The van der Waals surface area contributed by atoms with Gasteiger partial charge in [0.25, 0.3) is 0 Å². The van der Waals surface area contributed by atoms with Gasteiger partial charge in [0.15, 0.2) is 0 Å². The highest BCUT2D eigenvalue weighted by Gasteiger charge is 2.27. The van der Waals surface area contributed by atoms with Crippen molar-refractivity contribution in [2.45, 2.75) is 43.9 Å². The highest BCUT2D eigenvalue weighted by atomic mass is 32.2. The maximum absolute atomic E-state index is 12.4. The van der Waals surface area contributed by atoms with Gasteiger partial charge in [0.2, 0.25) is 9.84 Å². The van der Waals surface area contributed by atoms with Gasteiger partial charge in [0.1, 0.15) is 0 Å². The molecular weight excluding hydrogens is 300 g/mol. The zero-order chi connectivity index (χ0) is 16.3. The minimum Gasteiger partial charge on any atom is -0.396 e. The summed E-state index contributed by atoms with van der Waals surface area (Å²) in [5, 5.41) is 12.3. The van der Waals surface area contributed by atoms with Gasteiger partial charge in [-0.25, -0.2) is 8.42 Å². The number of sulfone groups is 1. The lowest BCUT2D eigenvalue weighted by Crippen LogP contribution is -2.34. The molecule has 1 unspecified atom stereocenters. The number of alkyl halides is 2. The number of anilines is 1. The van der Waals surface area contributed by atoms with E-state index in [9.17, 15) is 17.2 Å². The average Bonchev–Trinajstić information content (AvgIpc) is 2.37. The number of hydrogen-bond acceptors (Lipinski definition) is 4.